The minimum absolute atomic E-state index is 0.0816. The van der Waals surface area contributed by atoms with Crippen LogP contribution in [0.3, 0.4) is 0 Å². The molecule has 10 nitrogen and oxygen atoms in total. The van der Waals surface area contributed by atoms with Gasteiger partial charge in [-0.1, -0.05) is 0 Å². The van der Waals surface area contributed by atoms with Crippen molar-refractivity contribution in [1.29, 1.82) is 0 Å². The lowest BCUT2D eigenvalue weighted by Gasteiger charge is -2.17. The smallest absolute Gasteiger partial charge is 0.481 e. The van der Waals surface area contributed by atoms with Crippen molar-refractivity contribution in [3.63, 3.8) is 0 Å². The second kappa shape index (κ2) is 7.08. The van der Waals surface area contributed by atoms with Crippen molar-refractivity contribution in [1.82, 2.24) is 9.97 Å². The Morgan fingerprint density at radius 1 is 1.31 bits per heavy atom. The monoisotopic (exact) mass is 360 g/mol. The lowest BCUT2D eigenvalue weighted by molar-refractivity contribution is -0.147. The molecular weight excluding hydrogens is 347 g/mol. The molecule has 134 valence electrons. The van der Waals surface area contributed by atoms with Crippen LogP contribution in [-0.4, -0.2) is 49.4 Å². The van der Waals surface area contributed by atoms with Crippen molar-refractivity contribution in [2.45, 2.75) is 18.6 Å². The van der Waals surface area contributed by atoms with Crippen LogP contribution in [-0.2, 0) is 14.2 Å². The lowest BCUT2D eigenvalue weighted by Crippen LogP contribution is -2.29. The number of rotatable bonds is 6. The van der Waals surface area contributed by atoms with Gasteiger partial charge in [0.1, 0.15) is 5.75 Å². The van der Waals surface area contributed by atoms with Gasteiger partial charge in [0.15, 0.2) is 6.10 Å². The SMILES string of the molecule is O=C(O)CC1OB(O)c2cc(Oc3cnccn3)cc(C(O)C(=O)O)c21. The molecule has 1 aliphatic heterocycles. The van der Waals surface area contributed by atoms with E-state index in [0.29, 0.717) is 0 Å². The van der Waals surface area contributed by atoms with Crippen LogP contribution in [0.4, 0.5) is 0 Å². The first-order chi connectivity index (χ1) is 12.4. The minimum atomic E-state index is -1.96. The number of ether oxygens (including phenoxy) is 1. The van der Waals surface area contributed by atoms with Crippen molar-refractivity contribution < 1.29 is 39.3 Å². The third kappa shape index (κ3) is 3.49. The summed E-state index contributed by atoms with van der Waals surface area (Å²) in [5.41, 5.74) is 0.103. The van der Waals surface area contributed by atoms with Gasteiger partial charge in [-0.05, 0) is 23.2 Å². The highest BCUT2D eigenvalue weighted by molar-refractivity contribution is 6.62. The Labute approximate surface area is 146 Å². The molecule has 0 radical (unpaired) electrons. The molecule has 2 atom stereocenters. The molecule has 3 rings (SSSR count). The lowest BCUT2D eigenvalue weighted by atomic mass is 9.77. The summed E-state index contributed by atoms with van der Waals surface area (Å²) in [5.74, 6) is -2.55. The number of hydrogen-bond donors (Lipinski definition) is 4. The van der Waals surface area contributed by atoms with Crippen LogP contribution in [0.2, 0.25) is 0 Å². The summed E-state index contributed by atoms with van der Waals surface area (Å²) >= 11 is 0. The van der Waals surface area contributed by atoms with Gasteiger partial charge in [-0.3, -0.25) is 9.78 Å². The third-order valence-electron chi connectivity index (χ3n) is 3.75. The molecular formula is C15H13BN2O8. The second-order valence-corrected chi connectivity index (χ2v) is 5.48. The highest BCUT2D eigenvalue weighted by Crippen LogP contribution is 2.36. The summed E-state index contributed by atoms with van der Waals surface area (Å²) in [6.45, 7) is 0. The summed E-state index contributed by atoms with van der Waals surface area (Å²) in [6.07, 6.45) is 0.570. The first-order valence-electron chi connectivity index (χ1n) is 7.44. The summed E-state index contributed by atoms with van der Waals surface area (Å²) in [6, 6.07) is 2.61. The van der Waals surface area contributed by atoms with Crippen LogP contribution in [0.1, 0.15) is 29.8 Å². The van der Waals surface area contributed by atoms with Gasteiger partial charge in [0.2, 0.25) is 5.88 Å². The maximum atomic E-state index is 11.2. The largest absolute Gasteiger partial charge is 0.492 e. The molecule has 2 aromatic rings. The quantitative estimate of drug-likeness (QED) is 0.500. The Balaban J connectivity index is 2.08. The summed E-state index contributed by atoms with van der Waals surface area (Å²) < 4.78 is 10.7. The van der Waals surface area contributed by atoms with Gasteiger partial charge in [0.25, 0.3) is 0 Å². The molecule has 2 unspecified atom stereocenters. The van der Waals surface area contributed by atoms with Crippen LogP contribution >= 0.6 is 0 Å². The number of carbonyl (C=O) groups is 2. The number of aliphatic hydroxyl groups excluding tert-OH is 1. The van der Waals surface area contributed by atoms with E-state index in [1.54, 1.807) is 0 Å². The number of aliphatic carboxylic acids is 2. The maximum Gasteiger partial charge on any atom is 0.492 e. The van der Waals surface area contributed by atoms with E-state index in [9.17, 15) is 19.7 Å². The number of carboxylic acid groups (broad SMARTS) is 2. The summed E-state index contributed by atoms with van der Waals surface area (Å²) in [7, 11) is -1.49. The molecule has 2 heterocycles. The highest BCUT2D eigenvalue weighted by Gasteiger charge is 2.40. The standard InChI is InChI=1S/C15H13BN2O8/c19-12(20)5-10-13-8(14(21)15(22)23)3-7(4-9(13)16(24)26-10)25-11-6-17-1-2-18-11/h1-4,6,10,14,21,24H,5H2,(H,19,20)(H,22,23). The average molecular weight is 360 g/mol. The predicted molar refractivity (Wildman–Crippen MR) is 84.8 cm³/mol. The number of aromatic nitrogens is 2. The first-order valence-corrected chi connectivity index (χ1v) is 7.44. The molecule has 26 heavy (non-hydrogen) atoms. The number of benzene rings is 1. The van der Waals surface area contributed by atoms with Crippen molar-refractivity contribution in [3.05, 3.63) is 41.9 Å². The van der Waals surface area contributed by atoms with Gasteiger partial charge in [-0.15, -0.1) is 0 Å². The first kappa shape index (κ1) is 17.8. The van der Waals surface area contributed by atoms with E-state index in [1.807, 2.05) is 0 Å². The number of aliphatic hydroxyl groups is 1. The van der Waals surface area contributed by atoms with E-state index < -0.39 is 37.7 Å². The molecule has 1 aromatic carbocycles. The molecule has 0 fully saturated rings. The van der Waals surface area contributed by atoms with Gasteiger partial charge >= 0.3 is 19.1 Å². The molecule has 1 aromatic heterocycles. The Morgan fingerprint density at radius 2 is 2.08 bits per heavy atom. The van der Waals surface area contributed by atoms with E-state index in [-0.39, 0.29) is 28.2 Å². The van der Waals surface area contributed by atoms with Gasteiger partial charge in [-0.2, -0.15) is 0 Å². The zero-order chi connectivity index (χ0) is 18.8. The highest BCUT2D eigenvalue weighted by atomic mass is 16.5. The average Bonchev–Trinajstić information content (AvgIpc) is 2.89. The van der Waals surface area contributed by atoms with Crippen LogP contribution < -0.4 is 10.2 Å². The Hall–Kier alpha value is -3.02. The van der Waals surface area contributed by atoms with Gasteiger partial charge < -0.3 is 29.7 Å². The fourth-order valence-corrected chi connectivity index (χ4v) is 2.73. The van der Waals surface area contributed by atoms with Crippen molar-refractivity contribution in [2.75, 3.05) is 0 Å². The Bertz CT molecular complexity index is 847. The van der Waals surface area contributed by atoms with Crippen LogP contribution in [0, 0.1) is 0 Å². The van der Waals surface area contributed by atoms with E-state index in [2.05, 4.69) is 9.97 Å². The number of nitrogens with zero attached hydrogens (tertiary/aromatic N) is 2. The van der Waals surface area contributed by atoms with Crippen molar-refractivity contribution in [2.24, 2.45) is 0 Å². The zero-order valence-electron chi connectivity index (χ0n) is 13.1. The molecule has 0 spiro atoms. The number of carboxylic acids is 2. The molecule has 0 aliphatic carbocycles. The van der Waals surface area contributed by atoms with E-state index in [1.165, 1.54) is 30.7 Å². The normalized spacial score (nSPS) is 16.8. The molecule has 4 N–H and O–H groups in total. The zero-order valence-corrected chi connectivity index (χ0v) is 13.1. The fraction of sp³-hybridized carbons (Fsp3) is 0.200. The molecule has 11 heteroatoms. The van der Waals surface area contributed by atoms with Crippen molar-refractivity contribution >= 4 is 24.5 Å². The van der Waals surface area contributed by atoms with E-state index in [4.69, 9.17) is 19.6 Å². The molecule has 1 aliphatic rings. The predicted octanol–water partition coefficient (Wildman–Crippen LogP) is -0.380. The van der Waals surface area contributed by atoms with Crippen LogP contribution in [0.25, 0.3) is 0 Å². The van der Waals surface area contributed by atoms with Gasteiger partial charge in [0.05, 0.1) is 18.7 Å². The third-order valence-corrected chi connectivity index (χ3v) is 3.75. The summed E-state index contributed by atoms with van der Waals surface area (Å²) in [5, 5.41) is 38.2. The van der Waals surface area contributed by atoms with E-state index >= 15 is 0 Å². The molecule has 0 amide bonds. The van der Waals surface area contributed by atoms with Crippen molar-refractivity contribution in [3.8, 4) is 11.6 Å². The van der Waals surface area contributed by atoms with Crippen LogP contribution in [0.5, 0.6) is 11.6 Å². The molecule has 0 bridgehead atoms. The Kier molecular flexibility index (Phi) is 4.84. The van der Waals surface area contributed by atoms with Gasteiger partial charge in [-0.25, -0.2) is 9.78 Å². The minimum Gasteiger partial charge on any atom is -0.481 e. The number of fused-ring (bicyclic) bond motifs is 1. The number of hydrogen-bond acceptors (Lipinski definition) is 8. The molecule has 0 saturated carbocycles. The van der Waals surface area contributed by atoms with Gasteiger partial charge in [0, 0.05) is 18.0 Å². The fourth-order valence-electron chi connectivity index (χ4n) is 2.73. The topological polar surface area (TPSA) is 159 Å². The van der Waals surface area contributed by atoms with E-state index in [0.717, 1.165) is 0 Å². The Morgan fingerprint density at radius 3 is 2.69 bits per heavy atom. The summed E-state index contributed by atoms with van der Waals surface area (Å²) in [4.78, 5) is 30.0. The maximum absolute atomic E-state index is 11.2. The molecule has 0 saturated heterocycles. The van der Waals surface area contributed by atoms with Crippen LogP contribution in [0.15, 0.2) is 30.7 Å². The second-order valence-electron chi connectivity index (χ2n) is 5.48.